The van der Waals surface area contributed by atoms with Gasteiger partial charge in [0.25, 0.3) is 5.91 Å². The van der Waals surface area contributed by atoms with Gasteiger partial charge in [-0.15, -0.1) is 0 Å². The number of amides is 1. The largest absolute Gasteiger partial charge is 0.359 e. The Hall–Kier alpha value is -0.650. The number of carbonyl (C=O) groups is 1. The molecule has 0 bridgehead atoms. The molecule has 0 radical (unpaired) electrons. The van der Waals surface area contributed by atoms with Crippen LogP contribution in [0.2, 0.25) is 0 Å². The minimum atomic E-state index is -0.475. The Balaban J connectivity index is 2.48. The third-order valence-corrected chi connectivity index (χ3v) is 1.56. The van der Waals surface area contributed by atoms with Crippen LogP contribution in [-0.4, -0.2) is 29.5 Å². The summed E-state index contributed by atoms with van der Waals surface area (Å²) in [6, 6.07) is -0.449. The molecule has 1 aliphatic heterocycles. The van der Waals surface area contributed by atoms with E-state index in [1.807, 2.05) is 13.8 Å². The van der Waals surface area contributed by atoms with E-state index in [4.69, 9.17) is 9.94 Å². The summed E-state index contributed by atoms with van der Waals surface area (Å²) >= 11 is 0. The molecule has 1 unspecified atom stereocenters. The van der Waals surface area contributed by atoms with Gasteiger partial charge >= 0.3 is 0 Å². The van der Waals surface area contributed by atoms with Crippen LogP contribution in [0, 0.1) is 0 Å². The van der Waals surface area contributed by atoms with Crippen LogP contribution in [0.15, 0.2) is 0 Å². The first kappa shape index (κ1) is 8.45. The van der Waals surface area contributed by atoms with Crippen molar-refractivity contribution in [3.05, 3.63) is 0 Å². The molecule has 0 aliphatic carbocycles. The first-order valence-corrected chi connectivity index (χ1v) is 3.41. The Morgan fingerprint density at radius 2 is 2.45 bits per heavy atom. The van der Waals surface area contributed by atoms with E-state index in [-0.39, 0.29) is 0 Å². The minimum absolute atomic E-state index is 0.291. The quantitative estimate of drug-likeness (QED) is 0.347. The lowest BCUT2D eigenvalue weighted by Gasteiger charge is -2.17. The number of rotatable bonds is 1. The van der Waals surface area contributed by atoms with E-state index in [1.165, 1.54) is 0 Å². The molecule has 1 amide bonds. The fourth-order valence-electron chi connectivity index (χ4n) is 1.01. The molecule has 1 atom stereocenters. The zero-order valence-corrected chi connectivity index (χ0v) is 6.55. The molecule has 1 saturated heterocycles. The highest BCUT2D eigenvalue weighted by Gasteiger charge is 2.34. The van der Waals surface area contributed by atoms with Crippen LogP contribution < -0.4 is 10.8 Å². The van der Waals surface area contributed by atoms with Crippen molar-refractivity contribution in [3.8, 4) is 0 Å². The van der Waals surface area contributed by atoms with Gasteiger partial charge < -0.3 is 4.74 Å². The van der Waals surface area contributed by atoms with Crippen molar-refractivity contribution in [2.75, 3.05) is 6.61 Å². The molecule has 0 aromatic rings. The zero-order valence-electron chi connectivity index (χ0n) is 6.55. The summed E-state index contributed by atoms with van der Waals surface area (Å²) in [4.78, 5) is 10.8. The molecule has 0 aromatic carbocycles. The maximum Gasteiger partial charge on any atom is 0.262 e. The van der Waals surface area contributed by atoms with Crippen molar-refractivity contribution in [1.82, 2.24) is 10.8 Å². The van der Waals surface area contributed by atoms with Gasteiger partial charge in [0.05, 0.1) is 6.61 Å². The summed E-state index contributed by atoms with van der Waals surface area (Å²) in [5, 5.41) is 11.2. The lowest BCUT2D eigenvalue weighted by Crippen LogP contribution is -2.46. The maximum absolute atomic E-state index is 10.8. The van der Waals surface area contributed by atoms with Gasteiger partial charge in [0.2, 0.25) is 0 Å². The molecule has 1 aliphatic rings. The highest BCUT2D eigenvalue weighted by atomic mass is 16.5. The topological polar surface area (TPSA) is 70.6 Å². The third-order valence-electron chi connectivity index (χ3n) is 1.56. The summed E-state index contributed by atoms with van der Waals surface area (Å²) in [6.45, 7) is 3.93. The Kier molecular flexibility index (Phi) is 2.12. The number of nitrogens with one attached hydrogen (secondary N) is 2. The lowest BCUT2D eigenvalue weighted by molar-refractivity contribution is -0.131. The number of carbonyl (C=O) groups excluding carboxylic acids is 1. The van der Waals surface area contributed by atoms with E-state index in [0.717, 1.165) is 0 Å². The van der Waals surface area contributed by atoms with E-state index >= 15 is 0 Å². The van der Waals surface area contributed by atoms with Crippen molar-refractivity contribution < 1.29 is 14.7 Å². The fraction of sp³-hybridized carbons (Fsp3) is 0.833. The molecule has 1 rings (SSSR count). The molecular formula is C6H12N2O3. The second-order valence-electron chi connectivity index (χ2n) is 2.99. The second kappa shape index (κ2) is 2.77. The van der Waals surface area contributed by atoms with E-state index in [9.17, 15) is 4.79 Å². The molecule has 0 spiro atoms. The monoisotopic (exact) mass is 160 g/mol. The van der Waals surface area contributed by atoms with E-state index in [2.05, 4.69) is 5.32 Å². The van der Waals surface area contributed by atoms with Gasteiger partial charge in [0.15, 0.2) is 0 Å². The molecule has 1 fully saturated rings. The number of hydroxylamine groups is 1. The molecule has 64 valence electrons. The molecule has 11 heavy (non-hydrogen) atoms. The number of hydrogen-bond acceptors (Lipinski definition) is 4. The maximum atomic E-state index is 10.8. The predicted molar refractivity (Wildman–Crippen MR) is 36.9 cm³/mol. The summed E-state index contributed by atoms with van der Waals surface area (Å²) in [5.41, 5.74) is 1.09. The third kappa shape index (κ3) is 1.89. The van der Waals surface area contributed by atoms with Crippen molar-refractivity contribution in [3.63, 3.8) is 0 Å². The van der Waals surface area contributed by atoms with Crippen LogP contribution >= 0.6 is 0 Å². The molecule has 0 saturated carbocycles. The number of hydrogen-bond donors (Lipinski definition) is 3. The number of ether oxygens (including phenoxy) is 1. The lowest BCUT2D eigenvalue weighted by atomic mass is 10.3. The Morgan fingerprint density at radius 3 is 2.82 bits per heavy atom. The molecule has 5 heteroatoms. The van der Waals surface area contributed by atoms with Gasteiger partial charge in [-0.25, -0.2) is 5.48 Å². The first-order chi connectivity index (χ1) is 5.05. The summed E-state index contributed by atoms with van der Waals surface area (Å²) < 4.78 is 5.19. The summed E-state index contributed by atoms with van der Waals surface area (Å²) in [5.74, 6) is -0.462. The van der Waals surface area contributed by atoms with Crippen LogP contribution in [0.5, 0.6) is 0 Å². The fourth-order valence-corrected chi connectivity index (χ4v) is 1.01. The van der Waals surface area contributed by atoms with E-state index in [1.54, 1.807) is 5.48 Å². The first-order valence-electron chi connectivity index (χ1n) is 3.41. The minimum Gasteiger partial charge on any atom is -0.359 e. The van der Waals surface area contributed by atoms with Crippen molar-refractivity contribution >= 4 is 5.91 Å². The Bertz CT molecular complexity index is 169. The van der Waals surface area contributed by atoms with Crippen LogP contribution in [0.1, 0.15) is 13.8 Å². The van der Waals surface area contributed by atoms with Crippen LogP contribution in [-0.2, 0) is 9.53 Å². The Morgan fingerprint density at radius 1 is 1.82 bits per heavy atom. The second-order valence-corrected chi connectivity index (χ2v) is 2.99. The van der Waals surface area contributed by atoms with Crippen molar-refractivity contribution in [2.24, 2.45) is 0 Å². The van der Waals surface area contributed by atoms with Gasteiger partial charge in [-0.2, -0.15) is 0 Å². The molecule has 3 N–H and O–H groups in total. The molecule has 0 aromatic heterocycles. The van der Waals surface area contributed by atoms with Crippen molar-refractivity contribution in [2.45, 2.75) is 25.6 Å². The average Bonchev–Trinajstić information content (AvgIpc) is 2.29. The van der Waals surface area contributed by atoms with E-state index in [0.29, 0.717) is 6.61 Å². The zero-order chi connectivity index (χ0) is 8.48. The van der Waals surface area contributed by atoms with Crippen LogP contribution in [0.25, 0.3) is 0 Å². The van der Waals surface area contributed by atoms with Crippen LogP contribution in [0.3, 0.4) is 0 Å². The highest BCUT2D eigenvalue weighted by Crippen LogP contribution is 2.13. The molecule has 5 nitrogen and oxygen atoms in total. The molecule has 1 heterocycles. The normalized spacial score (nSPS) is 28.5. The van der Waals surface area contributed by atoms with Gasteiger partial charge in [-0.3, -0.25) is 15.3 Å². The smallest absolute Gasteiger partial charge is 0.262 e. The summed E-state index contributed by atoms with van der Waals surface area (Å²) in [6.07, 6.45) is 0. The van der Waals surface area contributed by atoms with Gasteiger partial charge in [-0.1, -0.05) is 0 Å². The van der Waals surface area contributed by atoms with E-state index < -0.39 is 17.7 Å². The average molecular weight is 160 g/mol. The predicted octanol–water partition coefficient (Wildman–Crippen LogP) is -0.784. The highest BCUT2D eigenvalue weighted by molar-refractivity contribution is 5.81. The Labute approximate surface area is 64.7 Å². The van der Waals surface area contributed by atoms with Gasteiger partial charge in [0, 0.05) is 0 Å². The standard InChI is InChI=1S/C6H12N2O3/c1-6(2)7-4(3-11-6)5(9)8-10/h4,7,10H,3H2,1-2H3,(H,8,9). The van der Waals surface area contributed by atoms with Crippen molar-refractivity contribution in [1.29, 1.82) is 0 Å². The van der Waals surface area contributed by atoms with Crippen LogP contribution in [0.4, 0.5) is 0 Å². The molecular weight excluding hydrogens is 148 g/mol. The SMILES string of the molecule is CC1(C)NC(C(=O)NO)CO1. The van der Waals surface area contributed by atoms with Gasteiger partial charge in [0.1, 0.15) is 11.8 Å². The van der Waals surface area contributed by atoms with Gasteiger partial charge in [-0.05, 0) is 13.8 Å². The summed E-state index contributed by atoms with van der Waals surface area (Å²) in [7, 11) is 0.